The van der Waals surface area contributed by atoms with E-state index in [9.17, 15) is 13.2 Å². The normalized spacial score (nSPS) is 17.9. The maximum Gasteiger partial charge on any atom is 0.290 e. The van der Waals surface area contributed by atoms with E-state index in [-0.39, 0.29) is 29.2 Å². The molecule has 4 rings (SSSR count). The SMILES string of the molecule is Cc1c(C(=O)N(Cc2ccc(N(C)C)cc2)[C@H]2CCS(=O)(=O)C2)oc2ccccc12. The predicted octanol–water partition coefficient (Wildman–Crippen LogP) is 3.64. The molecule has 7 heteroatoms. The van der Waals surface area contributed by atoms with Gasteiger partial charge in [0.25, 0.3) is 5.91 Å². The van der Waals surface area contributed by atoms with Gasteiger partial charge in [-0.25, -0.2) is 8.42 Å². The molecule has 1 fully saturated rings. The van der Waals surface area contributed by atoms with Crippen LogP contribution in [0.1, 0.15) is 28.1 Å². The number of nitrogens with zero attached hydrogens (tertiary/aromatic N) is 2. The molecule has 2 aromatic carbocycles. The first kappa shape index (κ1) is 20.5. The van der Waals surface area contributed by atoms with Gasteiger partial charge in [-0.15, -0.1) is 0 Å². The second-order valence-electron chi connectivity index (χ2n) is 8.10. The quantitative estimate of drug-likeness (QED) is 0.623. The molecular formula is C23H26N2O4S. The van der Waals surface area contributed by atoms with Crippen LogP contribution < -0.4 is 4.90 Å². The van der Waals surface area contributed by atoms with Crippen molar-refractivity contribution in [2.45, 2.75) is 25.9 Å². The molecule has 0 unspecified atom stereocenters. The number of carbonyl (C=O) groups excluding carboxylic acids is 1. The Balaban J connectivity index is 1.69. The van der Waals surface area contributed by atoms with Gasteiger partial charge in [-0.2, -0.15) is 0 Å². The minimum atomic E-state index is -3.13. The zero-order valence-corrected chi connectivity index (χ0v) is 18.3. The lowest BCUT2D eigenvalue weighted by molar-refractivity contribution is 0.0649. The van der Waals surface area contributed by atoms with Crippen LogP contribution in [0.3, 0.4) is 0 Å². The fraction of sp³-hybridized carbons (Fsp3) is 0.348. The number of anilines is 1. The molecule has 0 bridgehead atoms. The molecule has 158 valence electrons. The number of hydrogen-bond acceptors (Lipinski definition) is 5. The topological polar surface area (TPSA) is 70.8 Å². The highest BCUT2D eigenvalue weighted by Gasteiger charge is 2.36. The summed E-state index contributed by atoms with van der Waals surface area (Å²) in [6.45, 7) is 2.21. The van der Waals surface area contributed by atoms with Crippen molar-refractivity contribution in [1.82, 2.24) is 4.90 Å². The average Bonchev–Trinajstić information content (AvgIpc) is 3.25. The van der Waals surface area contributed by atoms with Crippen LogP contribution in [0.15, 0.2) is 52.9 Å². The third-order valence-corrected chi connectivity index (χ3v) is 7.50. The minimum Gasteiger partial charge on any atom is -0.451 e. The van der Waals surface area contributed by atoms with Crippen LogP contribution in [0, 0.1) is 6.92 Å². The molecule has 0 spiro atoms. The van der Waals surface area contributed by atoms with E-state index in [1.165, 1.54) is 0 Å². The highest BCUT2D eigenvalue weighted by atomic mass is 32.2. The molecule has 6 nitrogen and oxygen atoms in total. The second kappa shape index (κ2) is 7.80. The Kier molecular flexibility index (Phi) is 5.32. The molecule has 0 radical (unpaired) electrons. The van der Waals surface area contributed by atoms with E-state index < -0.39 is 9.84 Å². The van der Waals surface area contributed by atoms with Crippen molar-refractivity contribution in [2.75, 3.05) is 30.5 Å². The Morgan fingerprint density at radius 2 is 1.80 bits per heavy atom. The fourth-order valence-electron chi connectivity index (χ4n) is 3.99. The van der Waals surface area contributed by atoms with E-state index in [4.69, 9.17) is 4.42 Å². The molecular weight excluding hydrogens is 400 g/mol. The fourth-order valence-corrected chi connectivity index (χ4v) is 5.72. The van der Waals surface area contributed by atoms with Gasteiger partial charge < -0.3 is 14.2 Å². The number of sulfone groups is 1. The molecule has 1 atom stereocenters. The van der Waals surface area contributed by atoms with Gasteiger partial charge in [0.15, 0.2) is 15.6 Å². The van der Waals surface area contributed by atoms with Crippen LogP contribution in [-0.4, -0.2) is 50.9 Å². The molecule has 2 heterocycles. The van der Waals surface area contributed by atoms with Crippen molar-refractivity contribution in [3.8, 4) is 0 Å². The van der Waals surface area contributed by atoms with Gasteiger partial charge in [0.05, 0.1) is 11.5 Å². The summed E-state index contributed by atoms with van der Waals surface area (Å²) in [7, 11) is 0.809. The Hall–Kier alpha value is -2.80. The number of rotatable bonds is 5. The van der Waals surface area contributed by atoms with Crippen molar-refractivity contribution in [3.05, 3.63) is 65.4 Å². The monoisotopic (exact) mass is 426 g/mol. The van der Waals surface area contributed by atoms with Crippen molar-refractivity contribution in [3.63, 3.8) is 0 Å². The number of aryl methyl sites for hydroxylation is 1. The highest BCUT2D eigenvalue weighted by molar-refractivity contribution is 7.91. The summed E-state index contributed by atoms with van der Waals surface area (Å²) < 4.78 is 30.1. The van der Waals surface area contributed by atoms with Gasteiger partial charge in [-0.1, -0.05) is 30.3 Å². The maximum atomic E-state index is 13.5. The third kappa shape index (κ3) is 3.94. The van der Waals surface area contributed by atoms with Crippen LogP contribution in [0.4, 0.5) is 5.69 Å². The molecule has 0 saturated carbocycles. The zero-order chi connectivity index (χ0) is 21.5. The van der Waals surface area contributed by atoms with E-state index in [1.807, 2.05) is 74.4 Å². The van der Waals surface area contributed by atoms with Crippen LogP contribution in [-0.2, 0) is 16.4 Å². The molecule has 3 aromatic rings. The Morgan fingerprint density at radius 1 is 1.10 bits per heavy atom. The first-order valence-corrected chi connectivity index (χ1v) is 11.8. The van der Waals surface area contributed by atoms with Gasteiger partial charge >= 0.3 is 0 Å². The summed E-state index contributed by atoms with van der Waals surface area (Å²) in [6.07, 6.45) is 0.448. The summed E-state index contributed by atoms with van der Waals surface area (Å²) >= 11 is 0. The van der Waals surface area contributed by atoms with Crippen molar-refractivity contribution >= 4 is 32.4 Å². The summed E-state index contributed by atoms with van der Waals surface area (Å²) in [4.78, 5) is 17.2. The van der Waals surface area contributed by atoms with Crippen molar-refractivity contribution in [1.29, 1.82) is 0 Å². The van der Waals surface area contributed by atoms with Crippen molar-refractivity contribution in [2.24, 2.45) is 0 Å². The van der Waals surface area contributed by atoms with Gasteiger partial charge in [-0.3, -0.25) is 4.79 Å². The third-order valence-electron chi connectivity index (χ3n) is 5.75. The van der Waals surface area contributed by atoms with E-state index in [0.717, 1.165) is 22.2 Å². The van der Waals surface area contributed by atoms with Gasteiger partial charge in [0.2, 0.25) is 0 Å². The van der Waals surface area contributed by atoms with Gasteiger partial charge in [0, 0.05) is 43.3 Å². The van der Waals surface area contributed by atoms with Crippen LogP contribution in [0.25, 0.3) is 11.0 Å². The standard InChI is InChI=1S/C23H26N2O4S/c1-16-20-6-4-5-7-21(20)29-22(16)23(26)25(19-12-13-30(27,28)15-19)14-17-8-10-18(11-9-17)24(2)3/h4-11,19H,12-15H2,1-3H3/t19-/m0/s1. The zero-order valence-electron chi connectivity index (χ0n) is 17.5. The van der Waals surface area contributed by atoms with Gasteiger partial charge in [-0.05, 0) is 37.1 Å². The number of benzene rings is 2. The Morgan fingerprint density at radius 3 is 2.40 bits per heavy atom. The molecule has 1 amide bonds. The smallest absolute Gasteiger partial charge is 0.290 e. The van der Waals surface area contributed by atoms with E-state index in [1.54, 1.807) is 4.90 Å². The largest absolute Gasteiger partial charge is 0.451 e. The number of hydrogen-bond donors (Lipinski definition) is 0. The number of carbonyl (C=O) groups is 1. The molecule has 1 aromatic heterocycles. The lowest BCUT2D eigenvalue weighted by Crippen LogP contribution is -2.40. The highest BCUT2D eigenvalue weighted by Crippen LogP contribution is 2.29. The summed E-state index contributed by atoms with van der Waals surface area (Å²) in [5.74, 6) is 0.126. The Labute approximate surface area is 177 Å². The summed E-state index contributed by atoms with van der Waals surface area (Å²) in [5.41, 5.74) is 3.46. The van der Waals surface area contributed by atoms with E-state index in [2.05, 4.69) is 0 Å². The first-order valence-electron chi connectivity index (χ1n) is 10.0. The van der Waals surface area contributed by atoms with Gasteiger partial charge in [0.1, 0.15) is 5.58 Å². The average molecular weight is 427 g/mol. The summed E-state index contributed by atoms with van der Waals surface area (Å²) in [6, 6.07) is 15.1. The molecule has 0 N–H and O–H groups in total. The van der Waals surface area contributed by atoms with Crippen LogP contribution in [0.2, 0.25) is 0 Å². The lowest BCUT2D eigenvalue weighted by atomic mass is 10.1. The lowest BCUT2D eigenvalue weighted by Gasteiger charge is -2.28. The molecule has 1 aliphatic rings. The molecule has 1 saturated heterocycles. The maximum absolute atomic E-state index is 13.5. The molecule has 0 aliphatic carbocycles. The number of fused-ring (bicyclic) bond motifs is 1. The predicted molar refractivity (Wildman–Crippen MR) is 119 cm³/mol. The van der Waals surface area contributed by atoms with Crippen molar-refractivity contribution < 1.29 is 17.6 Å². The second-order valence-corrected chi connectivity index (χ2v) is 10.3. The van der Waals surface area contributed by atoms with E-state index >= 15 is 0 Å². The first-order chi connectivity index (χ1) is 14.2. The van der Waals surface area contributed by atoms with E-state index in [0.29, 0.717) is 18.5 Å². The number of furan rings is 1. The molecule has 1 aliphatic heterocycles. The molecule has 30 heavy (non-hydrogen) atoms. The Bertz CT molecular complexity index is 1180. The number of amides is 1. The minimum absolute atomic E-state index is 0.00615. The number of para-hydroxylation sites is 1. The van der Waals surface area contributed by atoms with Crippen LogP contribution >= 0.6 is 0 Å². The van der Waals surface area contributed by atoms with Crippen LogP contribution in [0.5, 0.6) is 0 Å². The summed E-state index contributed by atoms with van der Waals surface area (Å²) in [5, 5.41) is 0.898.